The molecule has 0 saturated heterocycles. The number of pyridine rings is 3. The standard InChI is InChI=1S/C27H19F4N5O/c28-17-6-4-15(5-7-17)18(14-21(29)30)27(37)36-23-13-16(10-12-33-23)25-24(19-3-1-2-11-32-19)26-20(34-25)8-9-22(31)35-26/h1-13,18,21,34H,14H2,(H,33,36,37). The van der Waals surface area contributed by atoms with Gasteiger partial charge in [0.25, 0.3) is 0 Å². The number of carbonyl (C=O) groups excluding carboxylic acids is 1. The molecule has 1 atom stereocenters. The zero-order valence-electron chi connectivity index (χ0n) is 19.1. The number of aromatic nitrogens is 4. The highest BCUT2D eigenvalue weighted by Gasteiger charge is 2.26. The number of rotatable bonds is 7. The van der Waals surface area contributed by atoms with Gasteiger partial charge < -0.3 is 10.3 Å². The number of hydrogen-bond donors (Lipinski definition) is 2. The number of nitrogens with one attached hydrogen (secondary N) is 2. The first-order valence-electron chi connectivity index (χ1n) is 11.3. The van der Waals surface area contributed by atoms with Gasteiger partial charge in [-0.05, 0) is 54.1 Å². The van der Waals surface area contributed by atoms with Crippen LogP contribution in [0, 0.1) is 11.8 Å². The lowest BCUT2D eigenvalue weighted by molar-refractivity contribution is -0.118. The van der Waals surface area contributed by atoms with Gasteiger partial charge in [-0.25, -0.2) is 23.1 Å². The fourth-order valence-corrected chi connectivity index (χ4v) is 4.15. The number of amides is 1. The van der Waals surface area contributed by atoms with Crippen molar-refractivity contribution in [2.45, 2.75) is 18.8 Å². The molecular weight excluding hydrogens is 486 g/mol. The number of carbonyl (C=O) groups is 1. The normalized spacial score (nSPS) is 12.1. The van der Waals surface area contributed by atoms with Crippen LogP contribution in [0.25, 0.3) is 33.5 Å². The van der Waals surface area contributed by atoms with E-state index in [0.717, 1.165) is 12.1 Å². The third-order valence-corrected chi connectivity index (χ3v) is 5.83. The summed E-state index contributed by atoms with van der Waals surface area (Å²) in [6.45, 7) is 0. The molecule has 0 aliphatic heterocycles. The Labute approximate surface area is 208 Å². The van der Waals surface area contributed by atoms with E-state index >= 15 is 0 Å². The Bertz CT molecular complexity index is 1550. The summed E-state index contributed by atoms with van der Waals surface area (Å²) in [6.07, 6.45) is -0.429. The Morgan fingerprint density at radius 2 is 1.76 bits per heavy atom. The van der Waals surface area contributed by atoms with E-state index in [9.17, 15) is 22.4 Å². The van der Waals surface area contributed by atoms with Crippen LogP contribution in [0.4, 0.5) is 23.4 Å². The van der Waals surface area contributed by atoms with Crippen LogP contribution in [-0.2, 0) is 4.79 Å². The maximum Gasteiger partial charge on any atom is 0.239 e. The summed E-state index contributed by atoms with van der Waals surface area (Å²) in [5, 5.41) is 2.59. The smallest absolute Gasteiger partial charge is 0.239 e. The Morgan fingerprint density at radius 3 is 2.49 bits per heavy atom. The molecular formula is C27H19F4N5O. The minimum Gasteiger partial charge on any atom is -0.353 e. The van der Waals surface area contributed by atoms with Crippen molar-refractivity contribution in [3.05, 3.63) is 96.5 Å². The van der Waals surface area contributed by atoms with Crippen LogP contribution >= 0.6 is 0 Å². The quantitative estimate of drug-likeness (QED) is 0.200. The zero-order chi connectivity index (χ0) is 25.9. The molecule has 6 nitrogen and oxygen atoms in total. The van der Waals surface area contributed by atoms with Crippen LogP contribution in [0.15, 0.2) is 79.1 Å². The summed E-state index contributed by atoms with van der Waals surface area (Å²) in [4.78, 5) is 28.8. The predicted molar refractivity (Wildman–Crippen MR) is 131 cm³/mol. The molecule has 0 saturated carbocycles. The highest BCUT2D eigenvalue weighted by molar-refractivity contribution is 6.01. The van der Waals surface area contributed by atoms with Gasteiger partial charge in [-0.2, -0.15) is 4.39 Å². The van der Waals surface area contributed by atoms with Crippen molar-refractivity contribution in [2.24, 2.45) is 0 Å². The summed E-state index contributed by atoms with van der Waals surface area (Å²) in [7, 11) is 0. The minimum absolute atomic E-state index is 0.119. The van der Waals surface area contributed by atoms with E-state index in [4.69, 9.17) is 0 Å². The summed E-state index contributed by atoms with van der Waals surface area (Å²) >= 11 is 0. The Kier molecular flexibility index (Phi) is 6.63. The topological polar surface area (TPSA) is 83.6 Å². The summed E-state index contributed by atoms with van der Waals surface area (Å²) in [5.41, 5.74) is 3.47. The Balaban J connectivity index is 1.52. The van der Waals surface area contributed by atoms with E-state index in [1.54, 1.807) is 42.6 Å². The fourth-order valence-electron chi connectivity index (χ4n) is 4.15. The molecule has 0 aliphatic rings. The van der Waals surface area contributed by atoms with E-state index in [0.29, 0.717) is 33.5 Å². The number of aromatic amines is 1. The lowest BCUT2D eigenvalue weighted by atomic mass is 9.95. The number of anilines is 1. The third-order valence-electron chi connectivity index (χ3n) is 5.83. The highest BCUT2D eigenvalue weighted by Crippen LogP contribution is 2.37. The molecule has 0 bridgehead atoms. The van der Waals surface area contributed by atoms with Crippen LogP contribution in [0.1, 0.15) is 17.9 Å². The molecule has 10 heteroatoms. The molecule has 1 aromatic carbocycles. The fraction of sp³-hybridized carbons (Fsp3) is 0.111. The molecule has 2 N–H and O–H groups in total. The summed E-state index contributed by atoms with van der Waals surface area (Å²) in [6, 6.07) is 16.2. The number of fused-ring (bicyclic) bond motifs is 1. The maximum absolute atomic E-state index is 14.0. The first kappa shape index (κ1) is 24.1. The van der Waals surface area contributed by atoms with Crippen molar-refractivity contribution in [3.63, 3.8) is 0 Å². The molecule has 0 aliphatic carbocycles. The van der Waals surface area contributed by atoms with Crippen molar-refractivity contribution in [3.8, 4) is 22.5 Å². The molecule has 37 heavy (non-hydrogen) atoms. The van der Waals surface area contributed by atoms with Crippen LogP contribution in [0.3, 0.4) is 0 Å². The van der Waals surface area contributed by atoms with E-state index in [-0.39, 0.29) is 11.4 Å². The van der Waals surface area contributed by atoms with Gasteiger partial charge in [0.15, 0.2) is 0 Å². The van der Waals surface area contributed by atoms with Crippen LogP contribution in [0.5, 0.6) is 0 Å². The van der Waals surface area contributed by atoms with Crippen LogP contribution in [-0.4, -0.2) is 32.3 Å². The monoisotopic (exact) mass is 505 g/mol. The van der Waals surface area contributed by atoms with Crippen molar-refractivity contribution >= 4 is 22.8 Å². The van der Waals surface area contributed by atoms with Gasteiger partial charge in [-0.3, -0.25) is 9.78 Å². The van der Waals surface area contributed by atoms with Gasteiger partial charge in [0, 0.05) is 24.4 Å². The summed E-state index contributed by atoms with van der Waals surface area (Å²) in [5.74, 6) is -2.99. The minimum atomic E-state index is -2.75. The van der Waals surface area contributed by atoms with Crippen molar-refractivity contribution < 1.29 is 22.4 Å². The van der Waals surface area contributed by atoms with Crippen molar-refractivity contribution in [1.82, 2.24) is 19.9 Å². The lowest BCUT2D eigenvalue weighted by Gasteiger charge is -2.17. The highest BCUT2D eigenvalue weighted by atomic mass is 19.3. The molecule has 1 unspecified atom stereocenters. The van der Waals surface area contributed by atoms with Gasteiger partial charge in [0.2, 0.25) is 18.3 Å². The van der Waals surface area contributed by atoms with E-state index in [2.05, 4.69) is 25.3 Å². The SMILES string of the molecule is O=C(Nc1cc(-c2[nH]c3ccc(F)nc3c2-c2ccccn2)ccn1)C(CC(F)F)c1ccc(F)cc1. The van der Waals surface area contributed by atoms with E-state index in [1.165, 1.54) is 24.4 Å². The first-order chi connectivity index (χ1) is 17.9. The van der Waals surface area contributed by atoms with E-state index < -0.39 is 36.4 Å². The Hall–Kier alpha value is -4.60. The second kappa shape index (κ2) is 10.2. The second-order valence-electron chi connectivity index (χ2n) is 8.27. The molecule has 4 aromatic heterocycles. The molecule has 5 aromatic rings. The molecule has 0 spiro atoms. The molecule has 4 heterocycles. The number of alkyl halides is 2. The molecule has 0 radical (unpaired) electrons. The average Bonchev–Trinajstić information content (AvgIpc) is 3.27. The number of H-pyrrole nitrogens is 1. The van der Waals surface area contributed by atoms with Crippen LogP contribution in [0.2, 0.25) is 0 Å². The van der Waals surface area contributed by atoms with Gasteiger partial charge in [0.05, 0.1) is 28.4 Å². The molecule has 186 valence electrons. The molecule has 1 amide bonds. The molecule has 0 fully saturated rings. The van der Waals surface area contributed by atoms with Gasteiger partial charge in [-0.1, -0.05) is 18.2 Å². The lowest BCUT2D eigenvalue weighted by Crippen LogP contribution is -2.23. The predicted octanol–water partition coefficient (Wildman–Crippen LogP) is 6.34. The van der Waals surface area contributed by atoms with Crippen molar-refractivity contribution in [2.75, 3.05) is 5.32 Å². The zero-order valence-corrected chi connectivity index (χ0v) is 19.1. The largest absolute Gasteiger partial charge is 0.353 e. The first-order valence-corrected chi connectivity index (χ1v) is 11.3. The Morgan fingerprint density at radius 1 is 0.946 bits per heavy atom. The second-order valence-corrected chi connectivity index (χ2v) is 8.27. The third kappa shape index (κ3) is 5.18. The summed E-state index contributed by atoms with van der Waals surface area (Å²) < 4.78 is 53.8. The average molecular weight is 505 g/mol. The van der Waals surface area contributed by atoms with Gasteiger partial charge in [0.1, 0.15) is 17.2 Å². The van der Waals surface area contributed by atoms with Crippen LogP contribution < -0.4 is 5.32 Å². The van der Waals surface area contributed by atoms with Gasteiger partial charge >= 0.3 is 0 Å². The number of benzene rings is 1. The van der Waals surface area contributed by atoms with E-state index in [1.807, 2.05) is 0 Å². The number of hydrogen-bond acceptors (Lipinski definition) is 4. The maximum atomic E-state index is 14.0. The number of nitrogens with zero attached hydrogens (tertiary/aromatic N) is 3. The van der Waals surface area contributed by atoms with Gasteiger partial charge in [-0.15, -0.1) is 0 Å². The molecule has 5 rings (SSSR count). The van der Waals surface area contributed by atoms with Crippen molar-refractivity contribution in [1.29, 1.82) is 0 Å². The number of halogens is 4.